The molecule has 0 aliphatic rings. The van der Waals surface area contributed by atoms with E-state index in [9.17, 15) is 0 Å². The summed E-state index contributed by atoms with van der Waals surface area (Å²) in [5, 5.41) is 4.08. The van der Waals surface area contributed by atoms with Crippen LogP contribution in [0.1, 0.15) is 30.9 Å². The lowest BCUT2D eigenvalue weighted by atomic mass is 10.0. The number of aryl methyl sites for hydroxylation is 1. The molecule has 4 heteroatoms. The number of nitrogens with zero attached hydrogens (tertiary/aromatic N) is 2. The molecule has 2 aromatic rings. The number of benzene rings is 1. The average molecular weight is 245 g/mol. The summed E-state index contributed by atoms with van der Waals surface area (Å²) in [4.78, 5) is 0. The van der Waals surface area contributed by atoms with Crippen LogP contribution in [0.4, 0.5) is 5.82 Å². The highest BCUT2D eigenvalue weighted by Gasteiger charge is 2.05. The third-order valence-electron chi connectivity index (χ3n) is 2.89. The smallest absolute Gasteiger partial charge is 0.180 e. The van der Waals surface area contributed by atoms with Crippen molar-refractivity contribution >= 4 is 5.82 Å². The minimum absolute atomic E-state index is 0.375. The molecule has 4 nitrogen and oxygen atoms in total. The maximum atomic E-state index is 5.77. The summed E-state index contributed by atoms with van der Waals surface area (Å²) in [5.41, 5.74) is 7.95. The van der Waals surface area contributed by atoms with Crippen LogP contribution < -0.4 is 10.5 Å². The summed E-state index contributed by atoms with van der Waals surface area (Å²) in [6.45, 7) is 6.75. The maximum Gasteiger partial charge on any atom is 0.180 e. The highest BCUT2D eigenvalue weighted by Crippen LogP contribution is 2.24. The van der Waals surface area contributed by atoms with Crippen molar-refractivity contribution in [2.45, 2.75) is 33.4 Å². The van der Waals surface area contributed by atoms with E-state index in [1.165, 1.54) is 5.56 Å². The maximum absolute atomic E-state index is 5.77. The summed E-state index contributed by atoms with van der Waals surface area (Å²) in [7, 11) is 0. The van der Waals surface area contributed by atoms with E-state index >= 15 is 0 Å². The molecule has 0 saturated heterocycles. The number of ether oxygens (including phenoxy) is 1. The van der Waals surface area contributed by atoms with Crippen LogP contribution >= 0.6 is 0 Å². The van der Waals surface area contributed by atoms with Crippen molar-refractivity contribution in [3.8, 4) is 5.75 Å². The lowest BCUT2D eigenvalue weighted by Gasteiger charge is -2.12. The molecule has 0 fully saturated rings. The molecule has 0 bridgehead atoms. The quantitative estimate of drug-likeness (QED) is 0.901. The highest BCUT2D eigenvalue weighted by atomic mass is 16.5. The Morgan fingerprint density at radius 2 is 2.11 bits per heavy atom. The van der Waals surface area contributed by atoms with Crippen molar-refractivity contribution in [1.29, 1.82) is 0 Å². The van der Waals surface area contributed by atoms with Gasteiger partial charge in [-0.1, -0.05) is 26.0 Å². The fourth-order valence-corrected chi connectivity index (χ4v) is 1.72. The van der Waals surface area contributed by atoms with E-state index in [1.54, 1.807) is 16.9 Å². The summed E-state index contributed by atoms with van der Waals surface area (Å²) in [6, 6.07) is 8.06. The zero-order chi connectivity index (χ0) is 13.1. The third-order valence-corrected chi connectivity index (χ3v) is 2.89. The molecule has 0 unspecified atom stereocenters. The van der Waals surface area contributed by atoms with Crippen LogP contribution in [-0.4, -0.2) is 9.78 Å². The van der Waals surface area contributed by atoms with Gasteiger partial charge >= 0.3 is 0 Å². The molecule has 1 aromatic carbocycles. The van der Waals surface area contributed by atoms with Gasteiger partial charge in [0.15, 0.2) is 6.73 Å². The van der Waals surface area contributed by atoms with E-state index in [0.29, 0.717) is 18.5 Å². The van der Waals surface area contributed by atoms with E-state index in [0.717, 1.165) is 11.3 Å². The Morgan fingerprint density at radius 1 is 1.33 bits per heavy atom. The van der Waals surface area contributed by atoms with Crippen LogP contribution in [0.5, 0.6) is 5.75 Å². The first-order valence-corrected chi connectivity index (χ1v) is 6.08. The van der Waals surface area contributed by atoms with Crippen molar-refractivity contribution < 1.29 is 4.74 Å². The molecular formula is C14H19N3O. The number of nitrogen functional groups attached to an aromatic ring is 1. The molecule has 18 heavy (non-hydrogen) atoms. The predicted octanol–water partition coefficient (Wildman–Crippen LogP) is 2.93. The van der Waals surface area contributed by atoms with Crippen LogP contribution in [0.15, 0.2) is 30.5 Å². The first kappa shape index (κ1) is 12.5. The lowest BCUT2D eigenvalue weighted by Crippen LogP contribution is -2.07. The molecule has 0 amide bonds. The van der Waals surface area contributed by atoms with E-state index in [2.05, 4.69) is 37.1 Å². The first-order valence-electron chi connectivity index (χ1n) is 6.08. The number of anilines is 1. The second-order valence-corrected chi connectivity index (χ2v) is 4.73. The monoisotopic (exact) mass is 245 g/mol. The first-order chi connectivity index (χ1) is 8.56. The Kier molecular flexibility index (Phi) is 3.55. The Morgan fingerprint density at radius 3 is 2.72 bits per heavy atom. The predicted molar refractivity (Wildman–Crippen MR) is 72.5 cm³/mol. The van der Waals surface area contributed by atoms with Crippen molar-refractivity contribution in [3.63, 3.8) is 0 Å². The van der Waals surface area contributed by atoms with Gasteiger partial charge in [-0.15, -0.1) is 0 Å². The molecule has 0 aliphatic heterocycles. The fourth-order valence-electron chi connectivity index (χ4n) is 1.72. The zero-order valence-electron chi connectivity index (χ0n) is 11.1. The molecule has 0 spiro atoms. The van der Waals surface area contributed by atoms with Gasteiger partial charge in [0.25, 0.3) is 0 Å². The van der Waals surface area contributed by atoms with Gasteiger partial charge in [0, 0.05) is 12.3 Å². The lowest BCUT2D eigenvalue weighted by molar-refractivity contribution is 0.220. The third kappa shape index (κ3) is 2.83. The summed E-state index contributed by atoms with van der Waals surface area (Å²) >= 11 is 0. The van der Waals surface area contributed by atoms with Crippen molar-refractivity contribution in [1.82, 2.24) is 9.78 Å². The summed E-state index contributed by atoms with van der Waals surface area (Å²) in [5.74, 6) is 1.90. The van der Waals surface area contributed by atoms with Gasteiger partial charge in [-0.05, 0) is 30.0 Å². The number of nitrogens with two attached hydrogens (primary N) is 1. The van der Waals surface area contributed by atoms with Gasteiger partial charge in [0.05, 0.1) is 0 Å². The van der Waals surface area contributed by atoms with E-state index < -0.39 is 0 Å². The number of rotatable bonds is 4. The minimum Gasteiger partial charge on any atom is -0.471 e. The Bertz CT molecular complexity index is 532. The molecular weight excluding hydrogens is 226 g/mol. The van der Waals surface area contributed by atoms with Crippen molar-refractivity contribution in [2.75, 3.05) is 5.73 Å². The fraction of sp³-hybridized carbons (Fsp3) is 0.357. The SMILES string of the molecule is Cc1ccc(C(C)C)cc1OCn1ccc(N)n1. The average Bonchev–Trinajstić information content (AvgIpc) is 2.74. The van der Waals surface area contributed by atoms with Gasteiger partial charge in [-0.3, -0.25) is 0 Å². The standard InChI is InChI=1S/C14H19N3O/c1-10(2)12-5-4-11(3)13(8-12)18-9-17-7-6-14(15)16-17/h4-8,10H,9H2,1-3H3,(H2,15,16). The number of hydrogen-bond donors (Lipinski definition) is 1. The van der Waals surface area contributed by atoms with Crippen LogP contribution in [0.2, 0.25) is 0 Å². The second-order valence-electron chi connectivity index (χ2n) is 4.73. The van der Waals surface area contributed by atoms with Crippen LogP contribution in [-0.2, 0) is 6.73 Å². The molecule has 1 heterocycles. The van der Waals surface area contributed by atoms with Gasteiger partial charge in [0.2, 0.25) is 0 Å². The number of aromatic nitrogens is 2. The van der Waals surface area contributed by atoms with E-state index in [1.807, 2.05) is 6.92 Å². The Labute approximate surface area is 107 Å². The topological polar surface area (TPSA) is 53.1 Å². The second kappa shape index (κ2) is 5.12. The molecule has 0 radical (unpaired) electrons. The molecule has 1 aromatic heterocycles. The van der Waals surface area contributed by atoms with E-state index in [-0.39, 0.29) is 0 Å². The van der Waals surface area contributed by atoms with Crippen LogP contribution in [0, 0.1) is 6.92 Å². The largest absolute Gasteiger partial charge is 0.471 e. The van der Waals surface area contributed by atoms with Crippen molar-refractivity contribution in [3.05, 3.63) is 41.6 Å². The van der Waals surface area contributed by atoms with Crippen LogP contribution in [0.25, 0.3) is 0 Å². The van der Waals surface area contributed by atoms with Crippen molar-refractivity contribution in [2.24, 2.45) is 0 Å². The van der Waals surface area contributed by atoms with Gasteiger partial charge in [0.1, 0.15) is 11.6 Å². The molecule has 2 rings (SSSR count). The minimum atomic E-state index is 0.375. The van der Waals surface area contributed by atoms with Gasteiger partial charge in [-0.2, -0.15) is 5.10 Å². The summed E-state index contributed by atoms with van der Waals surface area (Å²) < 4.78 is 7.45. The van der Waals surface area contributed by atoms with Gasteiger partial charge in [-0.25, -0.2) is 4.68 Å². The molecule has 0 atom stereocenters. The number of hydrogen-bond acceptors (Lipinski definition) is 3. The van der Waals surface area contributed by atoms with E-state index in [4.69, 9.17) is 10.5 Å². The summed E-state index contributed by atoms with van der Waals surface area (Å²) in [6.07, 6.45) is 1.80. The molecule has 96 valence electrons. The normalized spacial score (nSPS) is 10.9. The van der Waals surface area contributed by atoms with Gasteiger partial charge < -0.3 is 10.5 Å². The zero-order valence-corrected chi connectivity index (χ0v) is 11.1. The molecule has 0 aliphatic carbocycles. The Hall–Kier alpha value is -1.97. The Balaban J connectivity index is 2.10. The van der Waals surface area contributed by atoms with Crippen LogP contribution in [0.3, 0.4) is 0 Å². The molecule has 2 N–H and O–H groups in total. The highest BCUT2D eigenvalue weighted by molar-refractivity contribution is 5.37. The molecule has 0 saturated carbocycles.